The number of carbonyl (C=O) groups is 2. The van der Waals surface area contributed by atoms with Crippen molar-refractivity contribution in [3.05, 3.63) is 0 Å². The number of aliphatic carboxylic acids is 1. The van der Waals surface area contributed by atoms with Gasteiger partial charge in [0, 0.05) is 13.5 Å². The van der Waals surface area contributed by atoms with Gasteiger partial charge in [-0.15, -0.1) is 0 Å². The molecule has 3 N–H and O–H groups in total. The molecule has 0 aromatic heterocycles. The average Bonchev–Trinajstić information content (AvgIpc) is 2.84. The maximum Gasteiger partial charge on any atom is 1.00 e. The summed E-state index contributed by atoms with van der Waals surface area (Å²) in [6.07, 6.45) is 17.0. The Morgan fingerprint density at radius 3 is 1.54 bits per heavy atom. The fourth-order valence-corrected chi connectivity index (χ4v) is 4.79. The fourth-order valence-electron chi connectivity index (χ4n) is 4.79. The van der Waals surface area contributed by atoms with Crippen molar-refractivity contribution in [1.29, 1.82) is 0 Å². The number of amides is 1. The molecule has 1 aliphatic rings. The predicted octanol–water partition coefficient (Wildman–Crippen LogP) is 0.750. The SMILES string of the molecule is CCCCCCCCCCCCCCCCCCCCOC1O[C@H](C(=O)[O-])[C@@H](O)[C@H](O)[C@H]1NC(C)=O.[Na+]. The Morgan fingerprint density at radius 2 is 1.16 bits per heavy atom. The first-order chi connectivity index (χ1) is 17.4. The van der Waals surface area contributed by atoms with Gasteiger partial charge in [0.2, 0.25) is 5.91 Å². The van der Waals surface area contributed by atoms with E-state index in [0.717, 1.165) is 19.3 Å². The summed E-state index contributed by atoms with van der Waals surface area (Å²) in [6, 6.07) is -1.05. The maximum atomic E-state index is 11.4. The van der Waals surface area contributed by atoms with Crippen LogP contribution in [-0.2, 0) is 19.1 Å². The number of aliphatic hydroxyl groups excluding tert-OH is 2. The first-order valence-corrected chi connectivity index (χ1v) is 14.5. The van der Waals surface area contributed by atoms with E-state index in [-0.39, 0.29) is 29.6 Å². The van der Waals surface area contributed by atoms with Crippen LogP contribution in [0.15, 0.2) is 0 Å². The van der Waals surface area contributed by atoms with Crippen LogP contribution in [0.4, 0.5) is 0 Å². The molecule has 0 aromatic carbocycles. The Morgan fingerprint density at radius 1 is 0.757 bits per heavy atom. The molecule has 1 fully saturated rings. The molecule has 37 heavy (non-hydrogen) atoms. The van der Waals surface area contributed by atoms with E-state index in [1.54, 1.807) is 0 Å². The van der Waals surface area contributed by atoms with Crippen molar-refractivity contribution >= 4 is 11.9 Å². The molecule has 1 saturated heterocycles. The van der Waals surface area contributed by atoms with Gasteiger partial charge in [-0.25, -0.2) is 0 Å². The largest absolute Gasteiger partial charge is 1.00 e. The van der Waals surface area contributed by atoms with Crippen LogP contribution >= 0.6 is 0 Å². The zero-order chi connectivity index (χ0) is 26.6. The van der Waals surface area contributed by atoms with Crippen molar-refractivity contribution in [1.82, 2.24) is 5.32 Å². The molecule has 0 radical (unpaired) electrons. The fraction of sp³-hybridized carbons (Fsp3) is 0.929. The number of rotatable bonds is 22. The Labute approximate surface area is 246 Å². The minimum Gasteiger partial charge on any atom is -0.547 e. The molecule has 0 bridgehead atoms. The van der Waals surface area contributed by atoms with Crippen molar-refractivity contribution in [3.8, 4) is 0 Å². The molecule has 0 aliphatic carbocycles. The van der Waals surface area contributed by atoms with Gasteiger partial charge in [0.1, 0.15) is 24.4 Å². The van der Waals surface area contributed by atoms with Crippen molar-refractivity contribution in [2.24, 2.45) is 0 Å². The average molecular weight is 538 g/mol. The number of unbranched alkanes of at least 4 members (excludes halogenated alkanes) is 17. The van der Waals surface area contributed by atoms with Crippen LogP contribution < -0.4 is 40.0 Å². The van der Waals surface area contributed by atoms with Crippen molar-refractivity contribution in [3.63, 3.8) is 0 Å². The number of carbonyl (C=O) groups excluding carboxylic acids is 2. The van der Waals surface area contributed by atoms with Gasteiger partial charge in [-0.3, -0.25) is 4.79 Å². The normalized spacial score (nSPS) is 23.4. The summed E-state index contributed by atoms with van der Waals surface area (Å²) in [5, 5.41) is 33.8. The predicted molar refractivity (Wildman–Crippen MR) is 138 cm³/mol. The third-order valence-electron chi connectivity index (χ3n) is 6.98. The molecule has 1 aliphatic heterocycles. The Balaban J connectivity index is 0.0000130. The minimum atomic E-state index is -1.71. The topological polar surface area (TPSA) is 128 Å². The van der Waals surface area contributed by atoms with Crippen molar-refractivity contribution in [2.75, 3.05) is 6.61 Å². The Hall–Kier alpha value is -0.220. The van der Waals surface area contributed by atoms with Gasteiger partial charge in [0.05, 0.1) is 5.97 Å². The Bertz CT molecular complexity index is 581. The molecular formula is C28H52NNaO7. The number of aliphatic hydroxyl groups is 2. The molecule has 1 unspecified atom stereocenters. The van der Waals surface area contributed by atoms with E-state index in [1.165, 1.54) is 103 Å². The second-order valence-corrected chi connectivity index (χ2v) is 10.3. The molecule has 5 atom stereocenters. The smallest absolute Gasteiger partial charge is 0.547 e. The second kappa shape index (κ2) is 23.6. The number of hydrogen-bond donors (Lipinski definition) is 3. The Kier molecular flexibility index (Phi) is 23.5. The van der Waals surface area contributed by atoms with Crippen molar-refractivity contribution in [2.45, 2.75) is 160 Å². The zero-order valence-corrected chi connectivity index (χ0v) is 25.8. The van der Waals surface area contributed by atoms with Gasteiger partial charge < -0.3 is 34.9 Å². The second-order valence-electron chi connectivity index (χ2n) is 10.3. The third-order valence-corrected chi connectivity index (χ3v) is 6.98. The van der Waals surface area contributed by atoms with E-state index in [0.29, 0.717) is 6.61 Å². The number of hydrogen-bond acceptors (Lipinski definition) is 7. The summed E-state index contributed by atoms with van der Waals surface area (Å²) in [6.45, 7) is 3.83. The number of carboxylic acid groups (broad SMARTS) is 1. The number of ether oxygens (including phenoxy) is 2. The maximum absolute atomic E-state index is 11.4. The first kappa shape index (κ1) is 36.8. The summed E-state index contributed by atoms with van der Waals surface area (Å²) in [5.74, 6) is -2.08. The quantitative estimate of drug-likeness (QED) is 0.137. The van der Waals surface area contributed by atoms with E-state index >= 15 is 0 Å². The first-order valence-electron chi connectivity index (χ1n) is 14.5. The van der Waals surface area contributed by atoms with Crippen LogP contribution in [0.1, 0.15) is 129 Å². The summed E-state index contributed by atoms with van der Waals surface area (Å²) >= 11 is 0. The van der Waals surface area contributed by atoms with Gasteiger partial charge >= 0.3 is 29.6 Å². The molecule has 0 spiro atoms. The van der Waals surface area contributed by atoms with Gasteiger partial charge in [0.15, 0.2) is 6.29 Å². The molecule has 1 heterocycles. The summed E-state index contributed by atoms with van der Waals surface area (Å²) in [4.78, 5) is 22.6. The molecule has 8 nitrogen and oxygen atoms in total. The van der Waals surface area contributed by atoms with Crippen molar-refractivity contribution < 1.29 is 63.9 Å². The van der Waals surface area contributed by atoms with Crippen LogP contribution in [0, 0.1) is 0 Å². The third kappa shape index (κ3) is 17.2. The standard InChI is InChI=1S/C28H53NO7.Na/c1-3-4-5-6-7-8-9-10-11-12-13-14-15-16-17-18-19-20-21-35-28-23(29-22(2)30)24(31)25(32)26(36-28)27(33)34;/h23-26,28,31-32H,3-21H2,1-2H3,(H,29,30)(H,33,34);/q;+1/p-1/t23-,24-,25+,26+,28?;/m1./s1. The monoisotopic (exact) mass is 537 g/mol. The minimum absolute atomic E-state index is 0. The molecule has 0 aromatic rings. The van der Waals surface area contributed by atoms with E-state index in [9.17, 15) is 24.9 Å². The summed E-state index contributed by atoms with van der Waals surface area (Å²) < 4.78 is 10.9. The molecule has 0 saturated carbocycles. The van der Waals surface area contributed by atoms with E-state index in [2.05, 4.69) is 12.2 Å². The molecule has 212 valence electrons. The summed E-state index contributed by atoms with van der Waals surface area (Å²) in [5.41, 5.74) is 0. The zero-order valence-electron chi connectivity index (χ0n) is 23.8. The van der Waals surface area contributed by atoms with Crippen LogP contribution in [0.25, 0.3) is 0 Å². The van der Waals surface area contributed by atoms with Crippen LogP contribution in [0.2, 0.25) is 0 Å². The molecule has 9 heteroatoms. The van der Waals surface area contributed by atoms with E-state index in [1.807, 2.05) is 0 Å². The van der Waals surface area contributed by atoms with Gasteiger partial charge in [0.25, 0.3) is 0 Å². The molecule has 1 rings (SSSR count). The molecule has 1 amide bonds. The van der Waals surface area contributed by atoms with Crippen LogP contribution in [0.3, 0.4) is 0 Å². The summed E-state index contributed by atoms with van der Waals surface area (Å²) in [7, 11) is 0. The van der Waals surface area contributed by atoms with Gasteiger partial charge in [-0.1, -0.05) is 116 Å². The van der Waals surface area contributed by atoms with Gasteiger partial charge in [-0.2, -0.15) is 0 Å². The van der Waals surface area contributed by atoms with E-state index in [4.69, 9.17) is 9.47 Å². The molecular weight excluding hydrogens is 485 g/mol. The number of carboxylic acids is 1. The van der Waals surface area contributed by atoms with Crippen LogP contribution in [-0.4, -0.2) is 59.3 Å². The number of nitrogens with one attached hydrogen (secondary N) is 1. The van der Waals surface area contributed by atoms with Crippen LogP contribution in [0.5, 0.6) is 0 Å². The van der Waals surface area contributed by atoms with E-state index < -0.39 is 42.5 Å². The van der Waals surface area contributed by atoms with Gasteiger partial charge in [-0.05, 0) is 6.42 Å².